The maximum atomic E-state index is 13.4. The van der Waals surface area contributed by atoms with E-state index >= 15 is 0 Å². The number of thioether (sulfide) groups is 2. The first-order valence-corrected chi connectivity index (χ1v) is 11.3. The van der Waals surface area contributed by atoms with E-state index in [2.05, 4.69) is 24.3 Å². The fourth-order valence-corrected chi connectivity index (χ4v) is 6.99. The molecular weight excluding hydrogens is 404 g/mol. The standard InChI is InChI=1S/C22H24N2O3S2/c1-15-9-11-17(12-10-15)20-28-19-18(25)24(3)22(29-20,21(26)23(19)2)14-27-13-16-7-5-4-6-8-16/h4-12,19-20H,13-14H2,1-3H3/t19?,20?,22-/m0/s1. The van der Waals surface area contributed by atoms with Gasteiger partial charge in [0.25, 0.3) is 11.8 Å². The molecule has 7 heteroatoms. The van der Waals surface area contributed by atoms with E-state index in [-0.39, 0.29) is 23.0 Å². The molecule has 3 saturated heterocycles. The zero-order chi connectivity index (χ0) is 20.6. The maximum Gasteiger partial charge on any atom is 0.262 e. The highest BCUT2D eigenvalue weighted by Gasteiger charge is 2.59. The van der Waals surface area contributed by atoms with Crippen molar-refractivity contribution in [1.29, 1.82) is 0 Å². The second-order valence-electron chi connectivity index (χ2n) is 7.42. The highest BCUT2D eigenvalue weighted by Crippen LogP contribution is 2.56. The second kappa shape index (κ2) is 8.05. The van der Waals surface area contributed by atoms with E-state index in [4.69, 9.17) is 4.74 Å². The topological polar surface area (TPSA) is 49.9 Å². The molecule has 2 aromatic rings. The van der Waals surface area contributed by atoms with Gasteiger partial charge in [-0.3, -0.25) is 9.59 Å². The first-order chi connectivity index (χ1) is 13.9. The molecule has 2 amide bonds. The molecule has 2 aromatic carbocycles. The number of likely N-dealkylation sites (N-methyl/N-ethyl adjacent to an activating group) is 2. The van der Waals surface area contributed by atoms with Gasteiger partial charge < -0.3 is 14.5 Å². The number of piperazine rings is 1. The van der Waals surface area contributed by atoms with Crippen LogP contribution in [0.15, 0.2) is 54.6 Å². The van der Waals surface area contributed by atoms with E-state index in [1.165, 1.54) is 29.1 Å². The van der Waals surface area contributed by atoms with Crippen molar-refractivity contribution < 1.29 is 14.3 Å². The third-order valence-corrected chi connectivity index (χ3v) is 8.76. The quantitative estimate of drug-likeness (QED) is 0.728. The number of hydrogen-bond donors (Lipinski definition) is 0. The van der Waals surface area contributed by atoms with Crippen molar-refractivity contribution in [3.63, 3.8) is 0 Å². The highest BCUT2D eigenvalue weighted by atomic mass is 32.2. The molecule has 3 aliphatic rings. The number of benzene rings is 2. The molecule has 5 rings (SSSR count). The van der Waals surface area contributed by atoms with Crippen LogP contribution in [0.3, 0.4) is 0 Å². The lowest BCUT2D eigenvalue weighted by Gasteiger charge is -2.45. The summed E-state index contributed by atoms with van der Waals surface area (Å²) in [6.45, 7) is 2.59. The molecule has 2 bridgehead atoms. The zero-order valence-electron chi connectivity index (χ0n) is 16.7. The van der Waals surface area contributed by atoms with Gasteiger partial charge in [0.2, 0.25) is 0 Å². The number of hydrogen-bond acceptors (Lipinski definition) is 5. The number of carbonyl (C=O) groups is 2. The first kappa shape index (κ1) is 20.3. The van der Waals surface area contributed by atoms with Crippen LogP contribution in [0.1, 0.15) is 21.3 Å². The number of nitrogens with zero attached hydrogens (tertiary/aromatic N) is 2. The van der Waals surface area contributed by atoms with Crippen molar-refractivity contribution in [2.45, 2.75) is 28.4 Å². The summed E-state index contributed by atoms with van der Waals surface area (Å²) in [5.74, 6) is -0.132. The van der Waals surface area contributed by atoms with E-state index < -0.39 is 10.2 Å². The van der Waals surface area contributed by atoms with Crippen LogP contribution < -0.4 is 0 Å². The second-order valence-corrected chi connectivity index (χ2v) is 10.3. The number of ether oxygens (including phenoxy) is 1. The summed E-state index contributed by atoms with van der Waals surface area (Å²) < 4.78 is 5.96. The van der Waals surface area contributed by atoms with Gasteiger partial charge in [-0.25, -0.2) is 0 Å². The number of aryl methyl sites for hydroxylation is 1. The Balaban J connectivity index is 1.64. The summed E-state index contributed by atoms with van der Waals surface area (Å²) in [4.78, 5) is 28.6. The fraction of sp³-hybridized carbons (Fsp3) is 0.364. The molecule has 0 radical (unpaired) electrons. The van der Waals surface area contributed by atoms with Gasteiger partial charge in [0.1, 0.15) is 0 Å². The lowest BCUT2D eigenvalue weighted by atomic mass is 10.1. The molecular formula is C22H24N2O3S2. The van der Waals surface area contributed by atoms with E-state index in [1.807, 2.05) is 37.3 Å². The van der Waals surface area contributed by atoms with Crippen LogP contribution in [0.5, 0.6) is 0 Å². The van der Waals surface area contributed by atoms with Crippen LogP contribution in [-0.2, 0) is 20.9 Å². The first-order valence-electron chi connectivity index (χ1n) is 9.49. The predicted molar refractivity (Wildman–Crippen MR) is 117 cm³/mol. The van der Waals surface area contributed by atoms with Gasteiger partial charge in [-0.2, -0.15) is 0 Å². The highest BCUT2D eigenvalue weighted by molar-refractivity contribution is 8.18. The minimum atomic E-state index is -1.07. The van der Waals surface area contributed by atoms with Crippen LogP contribution >= 0.6 is 23.5 Å². The maximum absolute atomic E-state index is 13.4. The molecule has 0 aromatic heterocycles. The average molecular weight is 429 g/mol. The van der Waals surface area contributed by atoms with E-state index in [1.54, 1.807) is 23.9 Å². The molecule has 3 fully saturated rings. The van der Waals surface area contributed by atoms with E-state index in [0.717, 1.165) is 11.1 Å². The average Bonchev–Trinajstić information content (AvgIpc) is 2.91. The third kappa shape index (κ3) is 3.67. The van der Waals surface area contributed by atoms with Crippen molar-refractivity contribution in [2.24, 2.45) is 0 Å². The molecule has 5 nitrogen and oxygen atoms in total. The van der Waals surface area contributed by atoms with E-state index in [9.17, 15) is 9.59 Å². The van der Waals surface area contributed by atoms with Crippen molar-refractivity contribution in [3.8, 4) is 0 Å². The molecule has 3 aliphatic heterocycles. The Kier molecular flexibility index (Phi) is 5.64. The van der Waals surface area contributed by atoms with Crippen LogP contribution in [0, 0.1) is 6.92 Å². The molecule has 152 valence electrons. The normalized spacial score (nSPS) is 26.7. The van der Waals surface area contributed by atoms with Gasteiger partial charge in [-0.15, -0.1) is 23.5 Å². The SMILES string of the molecule is Cc1ccc(C2SC3C(=O)N(C)[C@@](COCc4ccccc4)(S2)C(=O)N3C)cc1. The minimum absolute atomic E-state index is 0.0382. The lowest BCUT2D eigenvalue weighted by molar-refractivity contribution is -0.159. The summed E-state index contributed by atoms with van der Waals surface area (Å²) in [5, 5.41) is -0.518. The Morgan fingerprint density at radius 3 is 2.41 bits per heavy atom. The molecule has 0 N–H and O–H groups in total. The van der Waals surface area contributed by atoms with Gasteiger partial charge in [0.15, 0.2) is 10.2 Å². The molecule has 0 spiro atoms. The van der Waals surface area contributed by atoms with Gasteiger partial charge >= 0.3 is 0 Å². The molecule has 3 heterocycles. The summed E-state index contributed by atoms with van der Waals surface area (Å²) in [5.41, 5.74) is 3.33. The molecule has 3 atom stereocenters. The summed E-state index contributed by atoms with van der Waals surface area (Å²) >= 11 is 3.04. The third-order valence-electron chi connectivity index (χ3n) is 5.40. The number of amides is 2. The van der Waals surface area contributed by atoms with Crippen LogP contribution in [0.4, 0.5) is 0 Å². The monoisotopic (exact) mass is 428 g/mol. The van der Waals surface area contributed by atoms with Gasteiger partial charge in [0, 0.05) is 14.1 Å². The summed E-state index contributed by atoms with van der Waals surface area (Å²) in [6.07, 6.45) is 0. The Morgan fingerprint density at radius 2 is 1.72 bits per heavy atom. The van der Waals surface area contributed by atoms with Crippen molar-refractivity contribution >= 4 is 35.3 Å². The van der Waals surface area contributed by atoms with Gasteiger partial charge in [-0.05, 0) is 18.1 Å². The Bertz CT molecular complexity index is 906. The van der Waals surface area contributed by atoms with Gasteiger partial charge in [0.05, 0.1) is 17.8 Å². The van der Waals surface area contributed by atoms with Crippen LogP contribution in [0.2, 0.25) is 0 Å². The number of fused-ring (bicyclic) bond motifs is 4. The minimum Gasteiger partial charge on any atom is -0.373 e. The Hall–Kier alpha value is -1.96. The largest absolute Gasteiger partial charge is 0.373 e. The van der Waals surface area contributed by atoms with Gasteiger partial charge in [-0.1, -0.05) is 60.2 Å². The lowest BCUT2D eigenvalue weighted by Crippen LogP contribution is -2.67. The number of rotatable bonds is 5. The van der Waals surface area contributed by atoms with Crippen LogP contribution in [-0.4, -0.2) is 52.6 Å². The Morgan fingerprint density at radius 1 is 1.03 bits per heavy atom. The smallest absolute Gasteiger partial charge is 0.262 e. The van der Waals surface area contributed by atoms with Crippen molar-refractivity contribution in [1.82, 2.24) is 9.80 Å². The molecule has 0 saturated carbocycles. The fourth-order valence-electron chi connectivity index (χ4n) is 3.58. The predicted octanol–water partition coefficient (Wildman–Crippen LogP) is 3.64. The summed E-state index contributed by atoms with van der Waals surface area (Å²) in [7, 11) is 3.44. The van der Waals surface area contributed by atoms with Crippen molar-refractivity contribution in [2.75, 3.05) is 20.7 Å². The Labute approximate surface area is 179 Å². The molecule has 2 unspecified atom stereocenters. The van der Waals surface area contributed by atoms with Crippen LogP contribution in [0.25, 0.3) is 0 Å². The molecule has 29 heavy (non-hydrogen) atoms. The molecule has 0 aliphatic carbocycles. The van der Waals surface area contributed by atoms with E-state index in [0.29, 0.717) is 6.61 Å². The zero-order valence-corrected chi connectivity index (χ0v) is 18.3. The summed E-state index contributed by atoms with van der Waals surface area (Å²) in [6, 6.07) is 18.2. The number of carbonyl (C=O) groups excluding carboxylic acids is 2. The van der Waals surface area contributed by atoms with Crippen molar-refractivity contribution in [3.05, 3.63) is 71.3 Å².